The van der Waals surface area contributed by atoms with E-state index in [0.29, 0.717) is 17.4 Å². The third-order valence-electron chi connectivity index (χ3n) is 3.19. The summed E-state index contributed by atoms with van der Waals surface area (Å²) >= 11 is 1.51. The molecule has 1 aromatic carbocycles. The molecule has 0 bridgehead atoms. The molecule has 2 aromatic heterocycles. The van der Waals surface area contributed by atoms with Crippen LogP contribution in [0.1, 0.15) is 21.1 Å². The maximum absolute atomic E-state index is 12.2. The number of carboxylic acid groups (broad SMARTS) is 1. The second-order valence-corrected chi connectivity index (χ2v) is 5.65. The first-order valence-corrected chi connectivity index (χ1v) is 7.20. The summed E-state index contributed by atoms with van der Waals surface area (Å²) in [6.07, 6.45) is 1.39. The second kappa shape index (κ2) is 5.14. The summed E-state index contributed by atoms with van der Waals surface area (Å²) in [5.74, 6) is -1.21. The molecule has 0 spiro atoms. The number of carboxylic acids is 1. The maximum Gasteiger partial charge on any atom is 0.341 e. The number of para-hydroxylation sites is 1. The molecule has 0 unspecified atom stereocenters. The lowest BCUT2D eigenvalue weighted by molar-refractivity contribution is 0.0695. The minimum atomic E-state index is -1.21. The number of aryl methyl sites for hydroxylation is 1. The van der Waals surface area contributed by atoms with Crippen molar-refractivity contribution in [2.75, 3.05) is 0 Å². The number of nitrogens with zero attached hydrogens (tertiary/aromatic N) is 2. The Morgan fingerprint density at radius 1 is 1.38 bits per heavy atom. The number of pyridine rings is 1. The van der Waals surface area contributed by atoms with Crippen LogP contribution in [0.5, 0.6) is 0 Å². The highest BCUT2D eigenvalue weighted by Gasteiger charge is 2.14. The number of benzene rings is 1. The van der Waals surface area contributed by atoms with Gasteiger partial charge in [0.2, 0.25) is 5.43 Å². The molecule has 0 atom stereocenters. The van der Waals surface area contributed by atoms with Crippen LogP contribution in [0.4, 0.5) is 0 Å². The molecule has 0 amide bonds. The molecule has 106 valence electrons. The molecule has 0 aliphatic rings. The van der Waals surface area contributed by atoms with Crippen molar-refractivity contribution < 1.29 is 9.90 Å². The lowest BCUT2D eigenvalue weighted by Gasteiger charge is -2.10. The normalized spacial score (nSPS) is 10.9. The van der Waals surface area contributed by atoms with Crippen molar-refractivity contribution in [3.63, 3.8) is 0 Å². The Balaban J connectivity index is 2.23. The first-order chi connectivity index (χ1) is 10.1. The molecule has 1 N–H and O–H groups in total. The van der Waals surface area contributed by atoms with Gasteiger partial charge in [0.15, 0.2) is 0 Å². The fourth-order valence-electron chi connectivity index (χ4n) is 2.25. The van der Waals surface area contributed by atoms with Gasteiger partial charge in [-0.15, -0.1) is 11.3 Å². The second-order valence-electron chi connectivity index (χ2n) is 4.70. The van der Waals surface area contributed by atoms with Gasteiger partial charge in [0.05, 0.1) is 12.1 Å². The van der Waals surface area contributed by atoms with E-state index in [-0.39, 0.29) is 5.56 Å². The van der Waals surface area contributed by atoms with Crippen molar-refractivity contribution in [1.29, 1.82) is 0 Å². The zero-order valence-electron chi connectivity index (χ0n) is 11.2. The molecule has 0 saturated carbocycles. The van der Waals surface area contributed by atoms with E-state index in [9.17, 15) is 14.7 Å². The molecule has 5 nitrogen and oxygen atoms in total. The molecule has 3 rings (SSSR count). The Kier molecular flexibility index (Phi) is 3.31. The van der Waals surface area contributed by atoms with Crippen molar-refractivity contribution in [3.8, 4) is 0 Å². The van der Waals surface area contributed by atoms with Crippen molar-refractivity contribution in [3.05, 3.63) is 62.3 Å². The first-order valence-electron chi connectivity index (χ1n) is 6.33. The topological polar surface area (TPSA) is 72.2 Å². The third kappa shape index (κ3) is 2.45. The van der Waals surface area contributed by atoms with Crippen molar-refractivity contribution in [2.45, 2.75) is 13.5 Å². The Hall–Kier alpha value is -2.47. The van der Waals surface area contributed by atoms with Crippen LogP contribution < -0.4 is 5.43 Å². The molecule has 0 aliphatic carbocycles. The summed E-state index contributed by atoms with van der Waals surface area (Å²) in [6, 6.07) is 7.01. The number of fused-ring (bicyclic) bond motifs is 1. The van der Waals surface area contributed by atoms with E-state index >= 15 is 0 Å². The molecular weight excluding hydrogens is 288 g/mol. The molecule has 0 radical (unpaired) electrons. The van der Waals surface area contributed by atoms with Gasteiger partial charge in [0.25, 0.3) is 0 Å². The number of hydrogen-bond acceptors (Lipinski definition) is 4. The molecule has 3 aromatic rings. The van der Waals surface area contributed by atoms with Crippen LogP contribution in [-0.4, -0.2) is 20.6 Å². The number of rotatable bonds is 3. The largest absolute Gasteiger partial charge is 0.477 e. The molecule has 2 heterocycles. The van der Waals surface area contributed by atoms with E-state index in [2.05, 4.69) is 4.98 Å². The number of aromatic carboxylic acids is 1. The Morgan fingerprint density at radius 3 is 2.81 bits per heavy atom. The molecule has 0 saturated heterocycles. The Bertz CT molecular complexity index is 895. The van der Waals surface area contributed by atoms with E-state index in [1.807, 2.05) is 24.4 Å². The van der Waals surface area contributed by atoms with Crippen LogP contribution in [-0.2, 0) is 6.54 Å². The van der Waals surface area contributed by atoms with Gasteiger partial charge in [-0.2, -0.15) is 0 Å². The number of hydrogen-bond donors (Lipinski definition) is 1. The van der Waals surface area contributed by atoms with Gasteiger partial charge in [-0.05, 0) is 19.1 Å². The summed E-state index contributed by atoms with van der Waals surface area (Å²) in [5.41, 5.74) is 0.964. The summed E-state index contributed by atoms with van der Waals surface area (Å²) in [5, 5.41) is 12.4. The van der Waals surface area contributed by atoms with Gasteiger partial charge in [-0.3, -0.25) is 4.79 Å². The highest BCUT2D eigenvalue weighted by Crippen LogP contribution is 2.16. The fourth-order valence-corrected chi connectivity index (χ4v) is 3.02. The van der Waals surface area contributed by atoms with Crippen LogP contribution in [0.25, 0.3) is 10.9 Å². The number of carbonyl (C=O) groups is 1. The Labute approximate surface area is 124 Å². The van der Waals surface area contributed by atoms with E-state index in [1.54, 1.807) is 16.7 Å². The van der Waals surface area contributed by atoms with E-state index in [4.69, 9.17) is 0 Å². The van der Waals surface area contributed by atoms with Crippen LogP contribution in [0.15, 0.2) is 40.6 Å². The van der Waals surface area contributed by atoms with Gasteiger partial charge < -0.3 is 9.67 Å². The van der Waals surface area contributed by atoms with Crippen molar-refractivity contribution in [2.24, 2.45) is 0 Å². The third-order valence-corrected chi connectivity index (χ3v) is 4.14. The maximum atomic E-state index is 12.2. The lowest BCUT2D eigenvalue weighted by Crippen LogP contribution is -2.19. The van der Waals surface area contributed by atoms with E-state index in [0.717, 1.165) is 10.7 Å². The average molecular weight is 300 g/mol. The molecule has 21 heavy (non-hydrogen) atoms. The summed E-state index contributed by atoms with van der Waals surface area (Å²) in [6.45, 7) is 2.35. The molecule has 6 heteroatoms. The zero-order valence-corrected chi connectivity index (χ0v) is 12.1. The SMILES string of the molecule is Cc1csc(Cn2cc(C(=O)O)c(=O)c3ccccc32)n1. The Morgan fingerprint density at radius 2 is 2.14 bits per heavy atom. The average Bonchev–Trinajstić information content (AvgIpc) is 2.87. The monoisotopic (exact) mass is 300 g/mol. The van der Waals surface area contributed by atoms with Crippen LogP contribution in [0.2, 0.25) is 0 Å². The summed E-state index contributed by atoms with van der Waals surface area (Å²) in [7, 11) is 0. The lowest BCUT2D eigenvalue weighted by atomic mass is 10.1. The quantitative estimate of drug-likeness (QED) is 0.806. The standard InChI is InChI=1S/C15H12N2O3S/c1-9-8-21-13(16-9)7-17-6-11(15(19)20)14(18)10-4-2-3-5-12(10)17/h2-6,8H,7H2,1H3,(H,19,20). The summed E-state index contributed by atoms with van der Waals surface area (Å²) < 4.78 is 1.76. The molecular formula is C15H12N2O3S. The fraction of sp³-hybridized carbons (Fsp3) is 0.133. The predicted octanol–water partition coefficient (Wildman–Crippen LogP) is 2.51. The van der Waals surface area contributed by atoms with Gasteiger partial charge >= 0.3 is 5.97 Å². The highest BCUT2D eigenvalue weighted by atomic mass is 32.1. The first kappa shape index (κ1) is 13.5. The number of aromatic nitrogens is 2. The summed E-state index contributed by atoms with van der Waals surface area (Å²) in [4.78, 5) is 27.8. The molecule has 0 fully saturated rings. The minimum Gasteiger partial charge on any atom is -0.477 e. The van der Waals surface area contributed by atoms with Crippen molar-refractivity contribution >= 4 is 28.2 Å². The van der Waals surface area contributed by atoms with Gasteiger partial charge in [0, 0.05) is 22.7 Å². The van der Waals surface area contributed by atoms with E-state index < -0.39 is 11.4 Å². The van der Waals surface area contributed by atoms with Crippen LogP contribution >= 0.6 is 11.3 Å². The predicted molar refractivity (Wildman–Crippen MR) is 81.1 cm³/mol. The number of thiazole rings is 1. The van der Waals surface area contributed by atoms with Gasteiger partial charge in [-0.25, -0.2) is 9.78 Å². The van der Waals surface area contributed by atoms with E-state index in [1.165, 1.54) is 17.5 Å². The van der Waals surface area contributed by atoms with Gasteiger partial charge in [-0.1, -0.05) is 12.1 Å². The highest BCUT2D eigenvalue weighted by molar-refractivity contribution is 7.09. The van der Waals surface area contributed by atoms with Crippen LogP contribution in [0.3, 0.4) is 0 Å². The van der Waals surface area contributed by atoms with Crippen molar-refractivity contribution in [1.82, 2.24) is 9.55 Å². The molecule has 0 aliphatic heterocycles. The minimum absolute atomic E-state index is 0.220. The van der Waals surface area contributed by atoms with Gasteiger partial charge in [0.1, 0.15) is 10.6 Å². The van der Waals surface area contributed by atoms with Crippen LogP contribution in [0, 0.1) is 6.92 Å². The zero-order chi connectivity index (χ0) is 15.0. The smallest absolute Gasteiger partial charge is 0.341 e.